The average molecular weight is 534 g/mol. The van der Waals surface area contributed by atoms with Gasteiger partial charge in [-0.15, -0.1) is 0 Å². The maximum absolute atomic E-state index is 13.6. The minimum Gasteiger partial charge on any atom is -0.465 e. The van der Waals surface area contributed by atoms with E-state index in [1.165, 1.54) is 4.90 Å². The lowest BCUT2D eigenvalue weighted by Gasteiger charge is -2.39. The minimum atomic E-state index is -0.942. The number of carboxylic acid groups (broad SMARTS) is 1. The Bertz CT molecular complexity index is 1310. The van der Waals surface area contributed by atoms with Crippen molar-refractivity contribution in [2.45, 2.75) is 39.7 Å². The van der Waals surface area contributed by atoms with Crippen molar-refractivity contribution in [2.75, 3.05) is 24.5 Å². The maximum Gasteiger partial charge on any atom is 0.407 e. The molecule has 3 aromatic rings. The van der Waals surface area contributed by atoms with Crippen LogP contribution in [0.3, 0.4) is 0 Å². The summed E-state index contributed by atoms with van der Waals surface area (Å²) in [6, 6.07) is 9.57. The molecule has 1 atom stereocenters. The number of carbonyl (C=O) groups is 1. The Labute approximate surface area is 205 Å². The largest absolute Gasteiger partial charge is 0.465 e. The first-order chi connectivity index (χ1) is 15.6. The summed E-state index contributed by atoms with van der Waals surface area (Å²) >= 11 is 10.0. The number of aryl methyl sites for hydroxylation is 1. The molecule has 0 spiro atoms. The number of aromatic nitrogens is 2. The molecule has 0 aliphatic carbocycles. The van der Waals surface area contributed by atoms with Gasteiger partial charge in [-0.1, -0.05) is 43.6 Å². The summed E-state index contributed by atoms with van der Waals surface area (Å²) in [7, 11) is 0. The molecule has 0 bridgehead atoms. The fourth-order valence-electron chi connectivity index (χ4n) is 4.54. The van der Waals surface area contributed by atoms with E-state index in [1.807, 2.05) is 49.1 Å². The van der Waals surface area contributed by atoms with Crippen molar-refractivity contribution in [3.63, 3.8) is 0 Å². The van der Waals surface area contributed by atoms with E-state index < -0.39 is 6.09 Å². The second-order valence-corrected chi connectivity index (χ2v) is 10.0. The highest BCUT2D eigenvalue weighted by molar-refractivity contribution is 9.10. The van der Waals surface area contributed by atoms with Gasteiger partial charge in [-0.05, 0) is 59.0 Å². The van der Waals surface area contributed by atoms with E-state index in [1.54, 1.807) is 4.57 Å². The van der Waals surface area contributed by atoms with Crippen molar-refractivity contribution in [3.8, 4) is 5.69 Å². The Kier molecular flexibility index (Phi) is 6.42. The van der Waals surface area contributed by atoms with Crippen LogP contribution in [0.5, 0.6) is 0 Å². The molecule has 1 unspecified atom stereocenters. The predicted molar refractivity (Wildman–Crippen MR) is 135 cm³/mol. The lowest BCUT2D eigenvalue weighted by molar-refractivity contribution is 0.136. The Morgan fingerprint density at radius 3 is 2.64 bits per heavy atom. The number of para-hydroxylation sites is 1. The first-order valence-electron chi connectivity index (χ1n) is 10.9. The van der Waals surface area contributed by atoms with Gasteiger partial charge in [-0.3, -0.25) is 4.57 Å². The average Bonchev–Trinajstić information content (AvgIpc) is 2.75. The number of hydrogen-bond acceptors (Lipinski definition) is 4. The Hall–Kier alpha value is -2.58. The van der Waals surface area contributed by atoms with E-state index in [-0.39, 0.29) is 17.6 Å². The molecule has 33 heavy (non-hydrogen) atoms. The van der Waals surface area contributed by atoms with E-state index in [9.17, 15) is 14.7 Å². The van der Waals surface area contributed by atoms with Crippen LogP contribution in [0, 0.1) is 6.92 Å². The third-order valence-corrected chi connectivity index (χ3v) is 7.39. The summed E-state index contributed by atoms with van der Waals surface area (Å²) in [4.78, 5) is 32.9. The molecule has 0 radical (unpaired) electrons. The maximum atomic E-state index is 13.6. The van der Waals surface area contributed by atoms with Crippen molar-refractivity contribution in [1.82, 2.24) is 14.5 Å². The van der Waals surface area contributed by atoms with Gasteiger partial charge in [0.2, 0.25) is 0 Å². The monoisotopic (exact) mass is 532 g/mol. The van der Waals surface area contributed by atoms with E-state index in [2.05, 4.69) is 34.8 Å². The van der Waals surface area contributed by atoms with Crippen LogP contribution >= 0.6 is 27.5 Å². The lowest BCUT2D eigenvalue weighted by Crippen LogP contribution is -2.54. The highest BCUT2D eigenvalue weighted by atomic mass is 79.9. The van der Waals surface area contributed by atoms with Crippen LogP contribution in [0.15, 0.2) is 39.6 Å². The third kappa shape index (κ3) is 4.22. The highest BCUT2D eigenvalue weighted by Crippen LogP contribution is 2.36. The molecule has 1 fully saturated rings. The fourth-order valence-corrected chi connectivity index (χ4v) is 5.03. The number of anilines is 1. The molecule has 1 aliphatic heterocycles. The summed E-state index contributed by atoms with van der Waals surface area (Å²) in [5, 5.41) is 10.6. The van der Waals surface area contributed by atoms with Crippen molar-refractivity contribution in [2.24, 2.45) is 0 Å². The molecule has 0 saturated carbocycles. The molecule has 1 saturated heterocycles. The first-order valence-corrected chi connectivity index (χ1v) is 12.0. The molecule has 2 heterocycles. The number of piperazine rings is 1. The summed E-state index contributed by atoms with van der Waals surface area (Å²) in [6.45, 7) is 9.24. The van der Waals surface area contributed by atoms with Crippen LogP contribution in [0.25, 0.3) is 16.6 Å². The predicted octanol–water partition coefficient (Wildman–Crippen LogP) is 5.42. The van der Waals surface area contributed by atoms with Crippen molar-refractivity contribution >= 4 is 50.3 Å². The molecule has 1 N–H and O–H groups in total. The van der Waals surface area contributed by atoms with Gasteiger partial charge in [0.05, 0.1) is 16.2 Å². The van der Waals surface area contributed by atoms with Gasteiger partial charge in [0.25, 0.3) is 0 Å². The second kappa shape index (κ2) is 8.99. The number of halogens is 2. The van der Waals surface area contributed by atoms with Crippen LogP contribution in [-0.4, -0.2) is 51.3 Å². The van der Waals surface area contributed by atoms with Gasteiger partial charge >= 0.3 is 11.8 Å². The Morgan fingerprint density at radius 2 is 2.00 bits per heavy atom. The fraction of sp³-hybridized carbons (Fsp3) is 0.375. The normalized spacial score (nSPS) is 16.6. The van der Waals surface area contributed by atoms with Crippen LogP contribution in [0.2, 0.25) is 5.02 Å². The van der Waals surface area contributed by atoms with E-state index in [0.717, 1.165) is 22.2 Å². The van der Waals surface area contributed by atoms with Gasteiger partial charge in [0, 0.05) is 35.5 Å². The zero-order chi connectivity index (χ0) is 24.0. The summed E-state index contributed by atoms with van der Waals surface area (Å²) in [6.07, 6.45) is -0.942. The lowest BCUT2D eigenvalue weighted by atomic mass is 9.97. The number of amides is 1. The molecular formula is C24H26BrClN4O3. The van der Waals surface area contributed by atoms with E-state index >= 15 is 0 Å². The van der Waals surface area contributed by atoms with Crippen LogP contribution in [-0.2, 0) is 0 Å². The molecule has 174 valence electrons. The van der Waals surface area contributed by atoms with Crippen molar-refractivity contribution in [3.05, 3.63) is 61.4 Å². The summed E-state index contributed by atoms with van der Waals surface area (Å²) in [5.74, 6) is 0.735. The summed E-state index contributed by atoms with van der Waals surface area (Å²) < 4.78 is 2.35. The Balaban J connectivity index is 1.99. The first kappa shape index (κ1) is 23.6. The van der Waals surface area contributed by atoms with Crippen LogP contribution < -0.4 is 10.6 Å². The molecule has 1 amide bonds. The van der Waals surface area contributed by atoms with Gasteiger partial charge in [0.1, 0.15) is 5.82 Å². The standard InChI is InChI=1S/C24H26BrClN4O3/c1-13(2)16-7-5-6-14(3)21(16)30-20-11-18(25)19(26)10-17(20)22(27-23(30)31)29-9-8-28(24(32)33)12-15(29)4/h5-7,10-11,13,15H,8-9,12H2,1-4H3,(H,32,33). The van der Waals surface area contributed by atoms with Crippen LogP contribution in [0.4, 0.5) is 10.6 Å². The topological polar surface area (TPSA) is 78.7 Å². The molecule has 4 rings (SSSR count). The zero-order valence-electron chi connectivity index (χ0n) is 19.0. The van der Waals surface area contributed by atoms with Gasteiger partial charge in [0.15, 0.2) is 0 Å². The molecule has 7 nitrogen and oxygen atoms in total. The number of benzene rings is 2. The third-order valence-electron chi connectivity index (χ3n) is 6.20. The number of hydrogen-bond donors (Lipinski definition) is 1. The molecule has 9 heteroatoms. The number of rotatable bonds is 3. The second-order valence-electron chi connectivity index (χ2n) is 8.78. The van der Waals surface area contributed by atoms with Crippen molar-refractivity contribution in [1.29, 1.82) is 0 Å². The number of fused-ring (bicyclic) bond motifs is 1. The smallest absolute Gasteiger partial charge is 0.407 e. The van der Waals surface area contributed by atoms with Gasteiger partial charge < -0.3 is 14.9 Å². The van der Waals surface area contributed by atoms with Gasteiger partial charge in [-0.25, -0.2) is 9.59 Å². The molecule has 2 aromatic carbocycles. The molecular weight excluding hydrogens is 508 g/mol. The quantitative estimate of drug-likeness (QED) is 0.486. The SMILES string of the molecule is Cc1cccc(C(C)C)c1-n1c(=O)nc(N2CCN(C(=O)O)CC2C)c2cc(Cl)c(Br)cc21. The highest BCUT2D eigenvalue weighted by Gasteiger charge is 2.30. The minimum absolute atomic E-state index is 0.145. The molecule has 1 aliphatic rings. The van der Waals surface area contributed by atoms with Gasteiger partial charge in [-0.2, -0.15) is 4.98 Å². The van der Waals surface area contributed by atoms with E-state index in [4.69, 9.17) is 11.6 Å². The Morgan fingerprint density at radius 1 is 1.27 bits per heavy atom. The summed E-state index contributed by atoms with van der Waals surface area (Å²) in [5.41, 5.74) is 3.19. The van der Waals surface area contributed by atoms with E-state index in [0.29, 0.717) is 40.5 Å². The van der Waals surface area contributed by atoms with Crippen LogP contribution in [0.1, 0.15) is 37.8 Å². The van der Waals surface area contributed by atoms with Crippen molar-refractivity contribution < 1.29 is 9.90 Å². The zero-order valence-corrected chi connectivity index (χ0v) is 21.3. The number of nitrogens with zero attached hydrogens (tertiary/aromatic N) is 4. The molecule has 1 aromatic heterocycles.